The zero-order valence-electron chi connectivity index (χ0n) is 16.3. The average Bonchev–Trinajstić information content (AvgIpc) is 3.20. The predicted octanol–water partition coefficient (Wildman–Crippen LogP) is 5.92. The molecule has 0 N–H and O–H groups in total. The molecular formula is C24H22FN3O. The summed E-state index contributed by atoms with van der Waals surface area (Å²) in [4.78, 5) is 0. The van der Waals surface area contributed by atoms with E-state index >= 15 is 0 Å². The number of unbranched alkanes of at least 4 members (excludes halogenated alkanes) is 1. The van der Waals surface area contributed by atoms with Gasteiger partial charge in [0.1, 0.15) is 11.6 Å². The van der Waals surface area contributed by atoms with E-state index in [-0.39, 0.29) is 5.82 Å². The molecule has 1 aromatic heterocycles. The first kappa shape index (κ1) is 18.9. The molecule has 4 rings (SSSR count). The van der Waals surface area contributed by atoms with E-state index in [2.05, 4.69) is 17.1 Å². The highest BCUT2D eigenvalue weighted by Gasteiger charge is 2.19. The highest BCUT2D eigenvalue weighted by Crippen LogP contribution is 2.30. The summed E-state index contributed by atoms with van der Waals surface area (Å²) in [5.41, 5.74) is 2.16. The summed E-state index contributed by atoms with van der Waals surface area (Å²) >= 11 is 0. The molecule has 0 bridgehead atoms. The van der Waals surface area contributed by atoms with Crippen LogP contribution in [0.4, 0.5) is 4.39 Å². The molecule has 3 aromatic carbocycles. The summed E-state index contributed by atoms with van der Waals surface area (Å²) in [6.45, 7) is 2.84. The van der Waals surface area contributed by atoms with Crippen molar-refractivity contribution in [1.82, 2.24) is 14.8 Å². The first-order valence-electron chi connectivity index (χ1n) is 9.77. The average molecular weight is 387 g/mol. The summed E-state index contributed by atoms with van der Waals surface area (Å²) in [5.74, 6) is 1.60. The van der Waals surface area contributed by atoms with Crippen molar-refractivity contribution in [3.05, 3.63) is 84.7 Å². The minimum atomic E-state index is -0.330. The number of ether oxygens (including phenoxy) is 1. The van der Waals surface area contributed by atoms with Crippen LogP contribution in [-0.2, 0) is 0 Å². The number of aromatic nitrogens is 3. The van der Waals surface area contributed by atoms with Crippen molar-refractivity contribution >= 4 is 0 Å². The van der Waals surface area contributed by atoms with Crippen LogP contribution in [0, 0.1) is 5.82 Å². The molecule has 5 heteroatoms. The molecule has 0 saturated carbocycles. The summed E-state index contributed by atoms with van der Waals surface area (Å²) in [6.07, 6.45) is 2.12. The van der Waals surface area contributed by atoms with Gasteiger partial charge in [0.15, 0.2) is 11.6 Å². The van der Waals surface area contributed by atoms with Gasteiger partial charge in [-0.2, -0.15) is 0 Å². The molecule has 0 spiro atoms. The van der Waals surface area contributed by atoms with Crippen molar-refractivity contribution < 1.29 is 9.13 Å². The topological polar surface area (TPSA) is 39.9 Å². The quantitative estimate of drug-likeness (QED) is 0.370. The smallest absolute Gasteiger partial charge is 0.171 e. The molecule has 0 amide bonds. The molecule has 1 heterocycles. The Hall–Kier alpha value is -3.47. The second kappa shape index (κ2) is 8.69. The van der Waals surface area contributed by atoms with Crippen molar-refractivity contribution in [3.8, 4) is 34.2 Å². The first-order valence-corrected chi connectivity index (χ1v) is 9.77. The fourth-order valence-electron chi connectivity index (χ4n) is 3.14. The van der Waals surface area contributed by atoms with Crippen LogP contribution in [0.15, 0.2) is 78.9 Å². The van der Waals surface area contributed by atoms with E-state index in [0.717, 1.165) is 29.8 Å². The van der Waals surface area contributed by atoms with Crippen LogP contribution in [0.5, 0.6) is 5.75 Å². The third-order valence-electron chi connectivity index (χ3n) is 4.67. The van der Waals surface area contributed by atoms with Crippen molar-refractivity contribution in [2.24, 2.45) is 0 Å². The van der Waals surface area contributed by atoms with Crippen molar-refractivity contribution in [2.45, 2.75) is 19.8 Å². The van der Waals surface area contributed by atoms with E-state index in [1.54, 1.807) is 18.2 Å². The number of hydrogen-bond donors (Lipinski definition) is 0. The maximum absolute atomic E-state index is 14.5. The number of para-hydroxylation sites is 1. The van der Waals surface area contributed by atoms with E-state index in [0.29, 0.717) is 23.8 Å². The van der Waals surface area contributed by atoms with Crippen molar-refractivity contribution in [3.63, 3.8) is 0 Å². The zero-order chi connectivity index (χ0) is 20.1. The third-order valence-corrected chi connectivity index (χ3v) is 4.67. The van der Waals surface area contributed by atoms with Gasteiger partial charge in [-0.15, -0.1) is 10.2 Å². The van der Waals surface area contributed by atoms with Gasteiger partial charge in [0.05, 0.1) is 12.2 Å². The van der Waals surface area contributed by atoms with E-state index in [1.165, 1.54) is 6.07 Å². The second-order valence-electron chi connectivity index (χ2n) is 6.72. The molecule has 0 fully saturated rings. The van der Waals surface area contributed by atoms with Gasteiger partial charge in [0.25, 0.3) is 0 Å². The Balaban J connectivity index is 1.77. The van der Waals surface area contributed by atoms with Crippen LogP contribution in [0.3, 0.4) is 0 Å². The number of rotatable bonds is 7. The monoisotopic (exact) mass is 387 g/mol. The normalized spacial score (nSPS) is 10.8. The fraction of sp³-hybridized carbons (Fsp3) is 0.167. The molecule has 0 unspecified atom stereocenters. The van der Waals surface area contributed by atoms with Gasteiger partial charge in [-0.3, -0.25) is 4.57 Å². The van der Waals surface area contributed by atoms with Crippen LogP contribution in [-0.4, -0.2) is 21.4 Å². The lowest BCUT2D eigenvalue weighted by Gasteiger charge is -2.12. The van der Waals surface area contributed by atoms with Gasteiger partial charge in [0.2, 0.25) is 0 Å². The van der Waals surface area contributed by atoms with E-state index in [4.69, 9.17) is 4.74 Å². The lowest BCUT2D eigenvalue weighted by Crippen LogP contribution is -2.01. The Bertz CT molecular complexity index is 1070. The summed E-state index contributed by atoms with van der Waals surface area (Å²) < 4.78 is 22.1. The summed E-state index contributed by atoms with van der Waals surface area (Å²) in [5, 5.41) is 8.72. The molecule has 4 aromatic rings. The molecule has 0 aliphatic heterocycles. The lowest BCUT2D eigenvalue weighted by molar-refractivity contribution is 0.309. The van der Waals surface area contributed by atoms with Gasteiger partial charge in [0, 0.05) is 11.3 Å². The van der Waals surface area contributed by atoms with Gasteiger partial charge >= 0.3 is 0 Å². The number of halogens is 1. The maximum atomic E-state index is 14.5. The zero-order valence-corrected chi connectivity index (χ0v) is 16.3. The summed E-state index contributed by atoms with van der Waals surface area (Å²) in [6, 6.07) is 24.1. The highest BCUT2D eigenvalue weighted by molar-refractivity contribution is 5.67. The molecule has 0 radical (unpaired) electrons. The minimum absolute atomic E-state index is 0.330. The Labute approximate surface area is 169 Å². The van der Waals surface area contributed by atoms with Crippen molar-refractivity contribution in [2.75, 3.05) is 6.61 Å². The Morgan fingerprint density at radius 2 is 1.52 bits per heavy atom. The molecule has 0 saturated heterocycles. The SMILES string of the molecule is CCCCOc1ccc(-c2nnc(-c3ccccc3F)n2-c2ccccc2)cc1. The van der Waals surface area contributed by atoms with E-state index in [9.17, 15) is 4.39 Å². The number of benzene rings is 3. The minimum Gasteiger partial charge on any atom is -0.494 e. The van der Waals surface area contributed by atoms with Crippen LogP contribution < -0.4 is 4.74 Å². The largest absolute Gasteiger partial charge is 0.494 e. The van der Waals surface area contributed by atoms with Crippen LogP contribution >= 0.6 is 0 Å². The molecule has 4 nitrogen and oxygen atoms in total. The molecular weight excluding hydrogens is 365 g/mol. The number of hydrogen-bond acceptors (Lipinski definition) is 3. The molecule has 0 aliphatic carbocycles. The third kappa shape index (κ3) is 4.04. The molecule has 29 heavy (non-hydrogen) atoms. The van der Waals surface area contributed by atoms with Crippen LogP contribution in [0.2, 0.25) is 0 Å². The fourth-order valence-corrected chi connectivity index (χ4v) is 3.14. The lowest BCUT2D eigenvalue weighted by atomic mass is 10.1. The van der Waals surface area contributed by atoms with E-state index < -0.39 is 0 Å². The van der Waals surface area contributed by atoms with Gasteiger partial charge in [-0.05, 0) is 55.0 Å². The first-order chi connectivity index (χ1) is 14.3. The van der Waals surface area contributed by atoms with Crippen molar-refractivity contribution in [1.29, 1.82) is 0 Å². The standard InChI is InChI=1S/C24H22FN3O/c1-2-3-17-29-20-15-13-18(14-16-20)23-26-27-24(21-11-7-8-12-22(21)25)28(23)19-9-5-4-6-10-19/h4-16H,2-3,17H2,1H3. The highest BCUT2D eigenvalue weighted by atomic mass is 19.1. The van der Waals surface area contributed by atoms with Gasteiger partial charge in [-0.25, -0.2) is 4.39 Å². The Morgan fingerprint density at radius 1 is 0.828 bits per heavy atom. The van der Waals surface area contributed by atoms with Gasteiger partial charge < -0.3 is 4.74 Å². The molecule has 0 aliphatic rings. The molecule has 146 valence electrons. The van der Waals surface area contributed by atoms with Gasteiger partial charge in [-0.1, -0.05) is 43.7 Å². The second-order valence-corrected chi connectivity index (χ2v) is 6.72. The Kier molecular flexibility index (Phi) is 5.66. The van der Waals surface area contributed by atoms with Crippen LogP contribution in [0.25, 0.3) is 28.5 Å². The predicted molar refractivity (Wildman–Crippen MR) is 113 cm³/mol. The number of nitrogens with zero attached hydrogens (tertiary/aromatic N) is 3. The van der Waals surface area contributed by atoms with Crippen LogP contribution in [0.1, 0.15) is 19.8 Å². The Morgan fingerprint density at radius 3 is 2.24 bits per heavy atom. The summed E-state index contributed by atoms with van der Waals surface area (Å²) in [7, 11) is 0. The maximum Gasteiger partial charge on any atom is 0.171 e. The van der Waals surface area contributed by atoms with E-state index in [1.807, 2.05) is 59.2 Å². The molecule has 0 atom stereocenters.